The van der Waals surface area contributed by atoms with Crippen molar-refractivity contribution in [1.82, 2.24) is 9.38 Å². The zero-order valence-corrected chi connectivity index (χ0v) is 11.2. The number of fused-ring (bicyclic) bond motifs is 1. The highest BCUT2D eigenvalue weighted by atomic mass is 16.1. The Morgan fingerprint density at radius 2 is 2.00 bits per heavy atom. The summed E-state index contributed by atoms with van der Waals surface area (Å²) in [5.41, 5.74) is 3.60. The number of anilines is 1. The number of imidazole rings is 1. The Kier molecular flexibility index (Phi) is 3.21. The molecule has 4 nitrogen and oxygen atoms in total. The van der Waals surface area contributed by atoms with Gasteiger partial charge in [0.05, 0.1) is 12.1 Å². The molecular formula is C16H15N3O. The molecule has 0 aliphatic carbocycles. The van der Waals surface area contributed by atoms with E-state index in [1.54, 1.807) is 0 Å². The van der Waals surface area contributed by atoms with Crippen LogP contribution in [0.5, 0.6) is 0 Å². The molecular weight excluding hydrogens is 250 g/mol. The number of hydrogen-bond donors (Lipinski definition) is 1. The maximum Gasteiger partial charge on any atom is 0.230 e. The number of rotatable bonds is 3. The molecule has 0 unspecified atom stereocenters. The first-order chi connectivity index (χ1) is 9.70. The summed E-state index contributed by atoms with van der Waals surface area (Å²) in [7, 11) is 0. The largest absolute Gasteiger partial charge is 0.326 e. The Morgan fingerprint density at radius 3 is 2.75 bits per heavy atom. The number of carbonyl (C=O) groups is 1. The van der Waals surface area contributed by atoms with E-state index in [0.717, 1.165) is 17.0 Å². The molecule has 0 aliphatic rings. The van der Waals surface area contributed by atoms with E-state index in [-0.39, 0.29) is 12.3 Å². The van der Waals surface area contributed by atoms with Gasteiger partial charge in [0.25, 0.3) is 0 Å². The Labute approximate surface area is 117 Å². The molecule has 0 fully saturated rings. The molecule has 0 aliphatic heterocycles. The number of nitrogens with zero attached hydrogens (tertiary/aromatic N) is 2. The summed E-state index contributed by atoms with van der Waals surface area (Å²) in [6.07, 6.45) is 4.07. The van der Waals surface area contributed by atoms with Gasteiger partial charge in [0.2, 0.25) is 5.91 Å². The van der Waals surface area contributed by atoms with Crippen molar-refractivity contribution in [3.63, 3.8) is 0 Å². The van der Waals surface area contributed by atoms with E-state index in [9.17, 15) is 4.79 Å². The summed E-state index contributed by atoms with van der Waals surface area (Å²) < 4.78 is 1.91. The van der Waals surface area contributed by atoms with E-state index < -0.39 is 0 Å². The van der Waals surface area contributed by atoms with E-state index in [0.29, 0.717) is 0 Å². The van der Waals surface area contributed by atoms with Crippen LogP contribution in [0.3, 0.4) is 0 Å². The second kappa shape index (κ2) is 5.17. The summed E-state index contributed by atoms with van der Waals surface area (Å²) >= 11 is 0. The van der Waals surface area contributed by atoms with E-state index in [1.165, 1.54) is 5.56 Å². The molecule has 4 heteroatoms. The number of hydrogen-bond acceptors (Lipinski definition) is 2. The van der Waals surface area contributed by atoms with Crippen molar-refractivity contribution in [3.05, 3.63) is 66.1 Å². The SMILES string of the molecule is Cc1ccc(NC(=O)Cc2cn3ccccc3n2)cc1. The number of amides is 1. The average molecular weight is 265 g/mol. The third-order valence-electron chi connectivity index (χ3n) is 3.09. The van der Waals surface area contributed by atoms with Gasteiger partial charge in [0.15, 0.2) is 0 Å². The van der Waals surface area contributed by atoms with Crippen LogP contribution in [0, 0.1) is 6.92 Å². The fourth-order valence-electron chi connectivity index (χ4n) is 2.08. The molecule has 1 N–H and O–H groups in total. The number of benzene rings is 1. The van der Waals surface area contributed by atoms with Crippen molar-refractivity contribution in [2.75, 3.05) is 5.32 Å². The quantitative estimate of drug-likeness (QED) is 0.791. The number of aryl methyl sites for hydroxylation is 1. The van der Waals surface area contributed by atoms with Crippen molar-refractivity contribution in [2.45, 2.75) is 13.3 Å². The van der Waals surface area contributed by atoms with E-state index >= 15 is 0 Å². The standard InChI is InChI=1S/C16H15N3O/c1-12-5-7-13(8-6-12)18-16(20)10-14-11-19-9-3-2-4-15(19)17-14/h2-9,11H,10H2,1H3,(H,18,20). The Hall–Kier alpha value is -2.62. The lowest BCUT2D eigenvalue weighted by Gasteiger charge is -2.03. The number of pyridine rings is 1. The molecule has 0 spiro atoms. The topological polar surface area (TPSA) is 46.4 Å². The maximum atomic E-state index is 12.0. The highest BCUT2D eigenvalue weighted by Gasteiger charge is 2.07. The van der Waals surface area contributed by atoms with Crippen LogP contribution in [0.25, 0.3) is 5.65 Å². The Morgan fingerprint density at radius 1 is 1.20 bits per heavy atom. The van der Waals surface area contributed by atoms with E-state index in [2.05, 4.69) is 10.3 Å². The van der Waals surface area contributed by atoms with Crippen LogP contribution < -0.4 is 5.32 Å². The first-order valence-electron chi connectivity index (χ1n) is 6.50. The van der Waals surface area contributed by atoms with Gasteiger partial charge in [-0.05, 0) is 31.2 Å². The molecule has 2 heterocycles. The molecule has 1 amide bonds. The predicted molar refractivity (Wildman–Crippen MR) is 78.7 cm³/mol. The summed E-state index contributed by atoms with van der Waals surface area (Å²) in [4.78, 5) is 16.4. The molecule has 20 heavy (non-hydrogen) atoms. The molecule has 0 atom stereocenters. The second-order valence-electron chi connectivity index (χ2n) is 4.79. The van der Waals surface area contributed by atoms with Crippen molar-refractivity contribution in [2.24, 2.45) is 0 Å². The van der Waals surface area contributed by atoms with Crippen LogP contribution in [0.15, 0.2) is 54.9 Å². The molecule has 0 radical (unpaired) electrons. The van der Waals surface area contributed by atoms with Gasteiger partial charge in [-0.3, -0.25) is 4.79 Å². The monoisotopic (exact) mass is 265 g/mol. The molecule has 100 valence electrons. The summed E-state index contributed by atoms with van der Waals surface area (Å²) in [5, 5.41) is 2.87. The van der Waals surface area contributed by atoms with Crippen LogP contribution >= 0.6 is 0 Å². The lowest BCUT2D eigenvalue weighted by atomic mass is 10.2. The minimum atomic E-state index is -0.0581. The smallest absolute Gasteiger partial charge is 0.230 e. The molecule has 1 aromatic carbocycles. The van der Waals surface area contributed by atoms with Crippen molar-refractivity contribution in [3.8, 4) is 0 Å². The lowest BCUT2D eigenvalue weighted by molar-refractivity contribution is -0.115. The predicted octanol–water partition coefficient (Wildman–Crippen LogP) is 2.82. The van der Waals surface area contributed by atoms with Gasteiger partial charge in [0.1, 0.15) is 5.65 Å². The van der Waals surface area contributed by atoms with E-state index in [1.807, 2.05) is 66.2 Å². The van der Waals surface area contributed by atoms with Gasteiger partial charge in [-0.1, -0.05) is 23.8 Å². The fourth-order valence-corrected chi connectivity index (χ4v) is 2.08. The zero-order chi connectivity index (χ0) is 13.9. The van der Waals surface area contributed by atoms with Gasteiger partial charge in [-0.15, -0.1) is 0 Å². The number of nitrogens with one attached hydrogen (secondary N) is 1. The molecule has 3 aromatic rings. The molecule has 0 saturated heterocycles. The highest BCUT2D eigenvalue weighted by Crippen LogP contribution is 2.10. The van der Waals surface area contributed by atoms with Gasteiger partial charge in [-0.25, -0.2) is 4.98 Å². The molecule has 0 bridgehead atoms. The molecule has 0 saturated carbocycles. The van der Waals surface area contributed by atoms with Gasteiger partial charge < -0.3 is 9.72 Å². The van der Waals surface area contributed by atoms with Gasteiger partial charge >= 0.3 is 0 Å². The van der Waals surface area contributed by atoms with Gasteiger partial charge in [0, 0.05) is 18.1 Å². The van der Waals surface area contributed by atoms with Crippen LogP contribution in [0.2, 0.25) is 0 Å². The van der Waals surface area contributed by atoms with Crippen molar-refractivity contribution < 1.29 is 4.79 Å². The van der Waals surface area contributed by atoms with Crippen LogP contribution in [-0.4, -0.2) is 15.3 Å². The molecule has 2 aromatic heterocycles. The lowest BCUT2D eigenvalue weighted by Crippen LogP contribution is -2.14. The average Bonchev–Trinajstić information content (AvgIpc) is 2.83. The first-order valence-corrected chi connectivity index (χ1v) is 6.50. The number of carbonyl (C=O) groups excluding carboxylic acids is 1. The number of aromatic nitrogens is 2. The highest BCUT2D eigenvalue weighted by molar-refractivity contribution is 5.92. The Balaban J connectivity index is 1.70. The third kappa shape index (κ3) is 2.69. The third-order valence-corrected chi connectivity index (χ3v) is 3.09. The minimum absolute atomic E-state index is 0.0581. The van der Waals surface area contributed by atoms with Crippen LogP contribution in [0.4, 0.5) is 5.69 Å². The van der Waals surface area contributed by atoms with Gasteiger partial charge in [-0.2, -0.15) is 0 Å². The maximum absolute atomic E-state index is 12.0. The van der Waals surface area contributed by atoms with Crippen LogP contribution in [-0.2, 0) is 11.2 Å². The fraction of sp³-hybridized carbons (Fsp3) is 0.125. The first kappa shape index (κ1) is 12.4. The summed E-state index contributed by atoms with van der Waals surface area (Å²) in [6, 6.07) is 13.5. The second-order valence-corrected chi connectivity index (χ2v) is 4.79. The minimum Gasteiger partial charge on any atom is -0.326 e. The van der Waals surface area contributed by atoms with E-state index in [4.69, 9.17) is 0 Å². The van der Waals surface area contributed by atoms with Crippen molar-refractivity contribution in [1.29, 1.82) is 0 Å². The summed E-state index contributed by atoms with van der Waals surface area (Å²) in [5.74, 6) is -0.0581. The summed E-state index contributed by atoms with van der Waals surface area (Å²) in [6.45, 7) is 2.02. The normalized spacial score (nSPS) is 10.7. The van der Waals surface area contributed by atoms with Crippen molar-refractivity contribution >= 4 is 17.2 Å². The Bertz CT molecular complexity index is 711. The zero-order valence-electron chi connectivity index (χ0n) is 11.2. The van der Waals surface area contributed by atoms with Crippen LogP contribution in [0.1, 0.15) is 11.3 Å². The molecule has 3 rings (SSSR count).